The molecule has 4 amide bonds. The van der Waals surface area contributed by atoms with Gasteiger partial charge in [0.1, 0.15) is 0 Å². The predicted octanol–water partition coefficient (Wildman–Crippen LogP) is 1.48. The van der Waals surface area contributed by atoms with Crippen molar-refractivity contribution < 1.29 is 14.4 Å². The molecule has 0 aromatic rings. The van der Waals surface area contributed by atoms with Crippen molar-refractivity contribution in [3.8, 4) is 0 Å². The molecule has 0 atom stereocenters. The molecule has 26 heavy (non-hydrogen) atoms. The fourth-order valence-electron chi connectivity index (χ4n) is 4.25. The molecule has 0 aromatic heterocycles. The molecule has 0 spiro atoms. The van der Waals surface area contributed by atoms with Gasteiger partial charge in [-0.3, -0.25) is 9.59 Å². The van der Waals surface area contributed by atoms with Crippen molar-refractivity contribution in [3.05, 3.63) is 0 Å². The lowest BCUT2D eigenvalue weighted by Gasteiger charge is -2.32. The van der Waals surface area contributed by atoms with Crippen LogP contribution in [0.5, 0.6) is 0 Å². The highest BCUT2D eigenvalue weighted by molar-refractivity contribution is 5.84. The summed E-state index contributed by atoms with van der Waals surface area (Å²) in [4.78, 5) is 40.2. The number of piperidine rings is 1. The van der Waals surface area contributed by atoms with Crippen LogP contribution in [0.1, 0.15) is 57.8 Å². The molecule has 2 aliphatic heterocycles. The zero-order chi connectivity index (χ0) is 18.4. The topological polar surface area (TPSA) is 81.8 Å². The van der Waals surface area contributed by atoms with Crippen molar-refractivity contribution >= 4 is 17.8 Å². The average Bonchev–Trinajstić information content (AvgIpc) is 3.21. The molecule has 3 aliphatic rings. The molecule has 7 nitrogen and oxygen atoms in total. The number of hydrogen-bond acceptors (Lipinski definition) is 3. The normalized spacial score (nSPS) is 22.3. The number of nitrogens with zero attached hydrogens (tertiary/aromatic N) is 2. The molecule has 3 rings (SSSR count). The summed E-state index contributed by atoms with van der Waals surface area (Å²) in [6.45, 7) is 2.83. The lowest BCUT2D eigenvalue weighted by Crippen LogP contribution is -2.49. The Morgan fingerprint density at radius 2 is 1.42 bits per heavy atom. The zero-order valence-corrected chi connectivity index (χ0v) is 15.7. The van der Waals surface area contributed by atoms with E-state index >= 15 is 0 Å². The maximum atomic E-state index is 12.4. The Morgan fingerprint density at radius 3 is 2.08 bits per heavy atom. The van der Waals surface area contributed by atoms with E-state index in [1.54, 1.807) is 4.90 Å². The van der Waals surface area contributed by atoms with Crippen molar-refractivity contribution in [3.63, 3.8) is 0 Å². The van der Waals surface area contributed by atoms with Crippen LogP contribution in [0.25, 0.3) is 0 Å². The van der Waals surface area contributed by atoms with Crippen LogP contribution >= 0.6 is 0 Å². The maximum Gasteiger partial charge on any atom is 0.317 e. The molecule has 2 heterocycles. The smallest absolute Gasteiger partial charge is 0.317 e. The van der Waals surface area contributed by atoms with Crippen molar-refractivity contribution in [1.29, 1.82) is 0 Å². The molecular weight excluding hydrogens is 332 g/mol. The highest BCUT2D eigenvalue weighted by atomic mass is 16.2. The van der Waals surface area contributed by atoms with Crippen LogP contribution in [0.15, 0.2) is 0 Å². The third kappa shape index (κ3) is 5.11. The van der Waals surface area contributed by atoms with Gasteiger partial charge in [-0.25, -0.2) is 4.79 Å². The quantitative estimate of drug-likeness (QED) is 0.793. The van der Waals surface area contributed by atoms with Gasteiger partial charge in [0.2, 0.25) is 11.8 Å². The molecule has 0 aromatic carbocycles. The van der Waals surface area contributed by atoms with Gasteiger partial charge in [0, 0.05) is 38.1 Å². The van der Waals surface area contributed by atoms with E-state index in [4.69, 9.17) is 0 Å². The van der Waals surface area contributed by atoms with Gasteiger partial charge < -0.3 is 20.4 Å². The first-order chi connectivity index (χ1) is 12.6. The Kier molecular flexibility index (Phi) is 6.74. The van der Waals surface area contributed by atoms with Crippen LogP contribution in [0.2, 0.25) is 0 Å². The fourth-order valence-corrected chi connectivity index (χ4v) is 4.25. The van der Waals surface area contributed by atoms with E-state index in [2.05, 4.69) is 10.6 Å². The minimum atomic E-state index is -0.191. The Hall–Kier alpha value is -1.79. The van der Waals surface area contributed by atoms with Crippen LogP contribution in [-0.2, 0) is 9.59 Å². The van der Waals surface area contributed by atoms with Crippen molar-refractivity contribution in [2.75, 3.05) is 32.7 Å². The predicted molar refractivity (Wildman–Crippen MR) is 98.5 cm³/mol. The van der Waals surface area contributed by atoms with Gasteiger partial charge in [-0.2, -0.15) is 0 Å². The molecule has 1 saturated carbocycles. The minimum absolute atomic E-state index is 0.00223. The van der Waals surface area contributed by atoms with E-state index in [1.165, 1.54) is 19.3 Å². The summed E-state index contributed by atoms with van der Waals surface area (Å²) in [6.07, 6.45) is 9.39. The molecule has 3 fully saturated rings. The van der Waals surface area contributed by atoms with E-state index in [0.717, 1.165) is 38.8 Å². The van der Waals surface area contributed by atoms with E-state index in [9.17, 15) is 14.4 Å². The van der Waals surface area contributed by atoms with Crippen LogP contribution in [0.4, 0.5) is 4.79 Å². The standard InChI is InChI=1S/C19H32N4O3/c24-17(22-10-4-5-11-22)14-20-19(26)23-12-8-15(9-13-23)18(25)21-16-6-2-1-3-7-16/h15-16H,1-14H2,(H,20,26)(H,21,25). The van der Waals surface area contributed by atoms with Gasteiger partial charge in [-0.15, -0.1) is 0 Å². The molecule has 2 saturated heterocycles. The lowest BCUT2D eigenvalue weighted by atomic mass is 9.92. The number of amides is 4. The third-order valence-electron chi connectivity index (χ3n) is 5.95. The summed E-state index contributed by atoms with van der Waals surface area (Å²) in [5.41, 5.74) is 0. The van der Waals surface area contributed by atoms with Gasteiger partial charge in [0.05, 0.1) is 6.54 Å². The van der Waals surface area contributed by atoms with Crippen molar-refractivity contribution in [2.45, 2.75) is 63.8 Å². The van der Waals surface area contributed by atoms with Crippen LogP contribution in [-0.4, -0.2) is 66.4 Å². The van der Waals surface area contributed by atoms with E-state index in [0.29, 0.717) is 32.0 Å². The fraction of sp³-hybridized carbons (Fsp3) is 0.842. The zero-order valence-electron chi connectivity index (χ0n) is 15.7. The summed E-state index contributed by atoms with van der Waals surface area (Å²) in [5, 5.41) is 5.93. The number of likely N-dealkylation sites (tertiary alicyclic amines) is 2. The molecule has 7 heteroatoms. The second-order valence-electron chi connectivity index (χ2n) is 7.85. The highest BCUT2D eigenvalue weighted by Gasteiger charge is 2.29. The second kappa shape index (κ2) is 9.24. The number of carbonyl (C=O) groups is 3. The molecule has 0 unspecified atom stereocenters. The summed E-state index contributed by atoms with van der Waals surface area (Å²) >= 11 is 0. The van der Waals surface area contributed by atoms with Gasteiger partial charge in [0.15, 0.2) is 0 Å². The maximum absolute atomic E-state index is 12.4. The van der Waals surface area contributed by atoms with Crippen LogP contribution in [0.3, 0.4) is 0 Å². The number of hydrogen-bond donors (Lipinski definition) is 2. The van der Waals surface area contributed by atoms with Crippen molar-refractivity contribution in [2.24, 2.45) is 5.92 Å². The first-order valence-corrected chi connectivity index (χ1v) is 10.2. The second-order valence-corrected chi connectivity index (χ2v) is 7.85. The number of carbonyl (C=O) groups excluding carboxylic acids is 3. The molecule has 2 N–H and O–H groups in total. The summed E-state index contributed by atoms with van der Waals surface area (Å²) in [6, 6.07) is 0.151. The number of urea groups is 1. The third-order valence-corrected chi connectivity index (χ3v) is 5.95. The van der Waals surface area contributed by atoms with E-state index in [1.807, 2.05) is 4.90 Å². The number of rotatable bonds is 4. The largest absolute Gasteiger partial charge is 0.353 e. The van der Waals surface area contributed by atoms with E-state index in [-0.39, 0.29) is 30.3 Å². The molecule has 1 aliphatic carbocycles. The van der Waals surface area contributed by atoms with Crippen LogP contribution in [0, 0.1) is 5.92 Å². The van der Waals surface area contributed by atoms with Gasteiger partial charge in [-0.1, -0.05) is 19.3 Å². The lowest BCUT2D eigenvalue weighted by molar-refractivity contribution is -0.129. The summed E-state index contributed by atoms with van der Waals surface area (Å²) in [5.74, 6) is 0.158. The average molecular weight is 364 g/mol. The van der Waals surface area contributed by atoms with Gasteiger partial charge in [-0.05, 0) is 38.5 Å². The van der Waals surface area contributed by atoms with Gasteiger partial charge in [0.25, 0.3) is 0 Å². The first kappa shape index (κ1) is 19.0. The molecular formula is C19H32N4O3. The SMILES string of the molecule is O=C(NC1CCCCC1)C1CCN(C(=O)NCC(=O)N2CCCC2)CC1. The summed E-state index contributed by atoms with van der Waals surface area (Å²) < 4.78 is 0. The molecule has 146 valence electrons. The Bertz CT molecular complexity index is 505. The minimum Gasteiger partial charge on any atom is -0.353 e. The first-order valence-electron chi connectivity index (χ1n) is 10.2. The summed E-state index contributed by atoms with van der Waals surface area (Å²) in [7, 11) is 0. The van der Waals surface area contributed by atoms with Crippen molar-refractivity contribution in [1.82, 2.24) is 20.4 Å². The molecule has 0 radical (unpaired) electrons. The Balaban J connectivity index is 1.35. The Morgan fingerprint density at radius 1 is 0.769 bits per heavy atom. The Labute approximate surface area is 155 Å². The monoisotopic (exact) mass is 364 g/mol. The van der Waals surface area contributed by atoms with Crippen LogP contribution < -0.4 is 10.6 Å². The highest BCUT2D eigenvalue weighted by Crippen LogP contribution is 2.21. The molecule has 0 bridgehead atoms. The van der Waals surface area contributed by atoms with Gasteiger partial charge >= 0.3 is 6.03 Å². The van der Waals surface area contributed by atoms with E-state index < -0.39 is 0 Å². The number of nitrogens with one attached hydrogen (secondary N) is 2.